The van der Waals surface area contributed by atoms with E-state index in [1.807, 2.05) is 24.3 Å². The molecule has 0 bridgehead atoms. The normalized spacial score (nSPS) is 11.9. The van der Waals surface area contributed by atoms with Crippen molar-refractivity contribution in [1.29, 1.82) is 0 Å². The smallest absolute Gasteiger partial charge is 0.161 e. The third kappa shape index (κ3) is 4.36. The van der Waals surface area contributed by atoms with Gasteiger partial charge in [0.1, 0.15) is 12.7 Å². The second-order valence-corrected chi connectivity index (χ2v) is 4.70. The van der Waals surface area contributed by atoms with Crippen LogP contribution < -0.4 is 9.47 Å². The highest BCUT2D eigenvalue weighted by Crippen LogP contribution is 2.28. The number of imidazole rings is 1. The molecule has 0 saturated heterocycles. The molecule has 2 aromatic rings. The number of rotatable bonds is 8. The lowest BCUT2D eigenvalue weighted by molar-refractivity contribution is 0.0910. The van der Waals surface area contributed by atoms with Gasteiger partial charge in [-0.05, 0) is 24.1 Å². The average Bonchev–Trinajstić information content (AvgIpc) is 2.99. The summed E-state index contributed by atoms with van der Waals surface area (Å²) in [5.41, 5.74) is 1.10. The fraction of sp³-hybridized carbons (Fsp3) is 0.312. The summed E-state index contributed by atoms with van der Waals surface area (Å²) in [7, 11) is 1.60. The summed E-state index contributed by atoms with van der Waals surface area (Å²) >= 11 is 0. The summed E-state index contributed by atoms with van der Waals surface area (Å²) in [5, 5.41) is 9.96. The fourth-order valence-electron chi connectivity index (χ4n) is 2.00. The molecule has 1 aromatic carbocycles. The van der Waals surface area contributed by atoms with Gasteiger partial charge in [-0.1, -0.05) is 12.1 Å². The number of aliphatic hydroxyl groups is 1. The van der Waals surface area contributed by atoms with Gasteiger partial charge in [-0.15, -0.1) is 6.58 Å². The van der Waals surface area contributed by atoms with Crippen LogP contribution in [0.3, 0.4) is 0 Å². The Kier molecular flexibility index (Phi) is 5.40. The van der Waals surface area contributed by atoms with Crippen molar-refractivity contribution < 1.29 is 14.6 Å². The van der Waals surface area contributed by atoms with Gasteiger partial charge in [-0.2, -0.15) is 0 Å². The molecule has 1 atom stereocenters. The van der Waals surface area contributed by atoms with Crippen LogP contribution in [0, 0.1) is 0 Å². The predicted octanol–water partition coefficient (Wildman–Crippen LogP) is 2.06. The zero-order chi connectivity index (χ0) is 15.1. The lowest BCUT2D eigenvalue weighted by Crippen LogP contribution is -2.23. The first kappa shape index (κ1) is 15.1. The SMILES string of the molecule is C=CCc1ccc(OCC(O)Cn2ccnc2)c(OC)c1. The van der Waals surface area contributed by atoms with Gasteiger partial charge in [0.2, 0.25) is 0 Å². The van der Waals surface area contributed by atoms with Crippen molar-refractivity contribution in [2.24, 2.45) is 0 Å². The highest BCUT2D eigenvalue weighted by atomic mass is 16.5. The quantitative estimate of drug-likeness (QED) is 0.755. The van der Waals surface area contributed by atoms with Crippen molar-refractivity contribution >= 4 is 0 Å². The van der Waals surface area contributed by atoms with E-state index in [1.165, 1.54) is 0 Å². The minimum Gasteiger partial charge on any atom is -0.493 e. The molecule has 21 heavy (non-hydrogen) atoms. The van der Waals surface area contributed by atoms with Crippen molar-refractivity contribution in [2.45, 2.75) is 19.1 Å². The van der Waals surface area contributed by atoms with Gasteiger partial charge in [-0.25, -0.2) is 4.98 Å². The summed E-state index contributed by atoms with van der Waals surface area (Å²) in [6, 6.07) is 5.72. The Bertz CT molecular complexity index is 567. The molecule has 112 valence electrons. The summed E-state index contributed by atoms with van der Waals surface area (Å²) in [4.78, 5) is 3.93. The molecular weight excluding hydrogens is 268 g/mol. The monoisotopic (exact) mass is 288 g/mol. The summed E-state index contributed by atoms with van der Waals surface area (Å²) in [5.74, 6) is 1.28. The molecule has 5 nitrogen and oxygen atoms in total. The van der Waals surface area contributed by atoms with Crippen molar-refractivity contribution in [3.8, 4) is 11.5 Å². The van der Waals surface area contributed by atoms with E-state index in [1.54, 1.807) is 30.4 Å². The summed E-state index contributed by atoms with van der Waals surface area (Å²) in [6.45, 7) is 4.35. The van der Waals surface area contributed by atoms with Gasteiger partial charge >= 0.3 is 0 Å². The third-order valence-electron chi connectivity index (χ3n) is 3.02. The molecule has 1 N–H and O–H groups in total. The fourth-order valence-corrected chi connectivity index (χ4v) is 2.00. The number of hydrogen-bond acceptors (Lipinski definition) is 4. The molecule has 1 unspecified atom stereocenters. The number of methoxy groups -OCH3 is 1. The van der Waals surface area contributed by atoms with Crippen LogP contribution in [0.4, 0.5) is 0 Å². The largest absolute Gasteiger partial charge is 0.493 e. The lowest BCUT2D eigenvalue weighted by Gasteiger charge is -2.15. The van der Waals surface area contributed by atoms with Gasteiger partial charge in [0.05, 0.1) is 20.0 Å². The Labute approximate surface area is 124 Å². The van der Waals surface area contributed by atoms with Crippen molar-refractivity contribution in [1.82, 2.24) is 9.55 Å². The minimum atomic E-state index is -0.614. The van der Waals surface area contributed by atoms with Gasteiger partial charge in [0, 0.05) is 12.4 Å². The zero-order valence-electron chi connectivity index (χ0n) is 12.1. The molecular formula is C16H20N2O3. The molecule has 1 aromatic heterocycles. The Hall–Kier alpha value is -2.27. The number of aliphatic hydroxyl groups excluding tert-OH is 1. The Morgan fingerprint density at radius 2 is 2.29 bits per heavy atom. The molecule has 5 heteroatoms. The Morgan fingerprint density at radius 1 is 1.43 bits per heavy atom. The minimum absolute atomic E-state index is 0.190. The average molecular weight is 288 g/mol. The zero-order valence-corrected chi connectivity index (χ0v) is 12.1. The molecule has 0 fully saturated rings. The summed E-state index contributed by atoms with van der Waals surface area (Å²) < 4.78 is 12.8. The van der Waals surface area contributed by atoms with Crippen molar-refractivity contribution in [2.75, 3.05) is 13.7 Å². The molecule has 0 amide bonds. The summed E-state index contributed by atoms with van der Waals surface area (Å²) in [6.07, 6.45) is 7.14. The van der Waals surface area contributed by atoms with E-state index in [0.717, 1.165) is 12.0 Å². The number of allylic oxidation sites excluding steroid dienone is 1. The van der Waals surface area contributed by atoms with Crippen LogP contribution in [0.5, 0.6) is 11.5 Å². The molecule has 1 heterocycles. The molecule has 2 rings (SSSR count). The molecule has 0 aliphatic heterocycles. The maximum atomic E-state index is 9.96. The molecule has 0 aliphatic rings. The first-order valence-corrected chi connectivity index (χ1v) is 6.77. The second kappa shape index (κ2) is 7.50. The van der Waals surface area contributed by atoms with E-state index in [9.17, 15) is 5.11 Å². The van der Waals surface area contributed by atoms with E-state index in [2.05, 4.69) is 11.6 Å². The lowest BCUT2D eigenvalue weighted by atomic mass is 10.1. The van der Waals surface area contributed by atoms with E-state index < -0.39 is 6.10 Å². The molecule has 0 aliphatic carbocycles. The van der Waals surface area contributed by atoms with Gasteiger partial charge in [-0.3, -0.25) is 0 Å². The van der Waals surface area contributed by atoms with Crippen LogP contribution in [0.2, 0.25) is 0 Å². The topological polar surface area (TPSA) is 56.5 Å². The highest BCUT2D eigenvalue weighted by molar-refractivity contribution is 5.43. The van der Waals surface area contributed by atoms with Crippen molar-refractivity contribution in [3.05, 3.63) is 55.1 Å². The van der Waals surface area contributed by atoms with Crippen LogP contribution in [0.25, 0.3) is 0 Å². The van der Waals surface area contributed by atoms with E-state index in [-0.39, 0.29) is 6.61 Å². The molecule has 0 saturated carbocycles. The molecule has 0 spiro atoms. The van der Waals surface area contributed by atoms with Crippen molar-refractivity contribution in [3.63, 3.8) is 0 Å². The van der Waals surface area contributed by atoms with Gasteiger partial charge in [0.25, 0.3) is 0 Å². The van der Waals surface area contributed by atoms with Gasteiger partial charge in [0.15, 0.2) is 11.5 Å². The highest BCUT2D eigenvalue weighted by Gasteiger charge is 2.10. The first-order valence-electron chi connectivity index (χ1n) is 6.77. The van der Waals surface area contributed by atoms with E-state index >= 15 is 0 Å². The number of ether oxygens (including phenoxy) is 2. The van der Waals surface area contributed by atoms with E-state index in [4.69, 9.17) is 9.47 Å². The number of benzene rings is 1. The van der Waals surface area contributed by atoms with Crippen LogP contribution >= 0.6 is 0 Å². The van der Waals surface area contributed by atoms with Crippen LogP contribution in [0.1, 0.15) is 5.56 Å². The van der Waals surface area contributed by atoms with E-state index in [0.29, 0.717) is 18.0 Å². The molecule has 0 radical (unpaired) electrons. The van der Waals surface area contributed by atoms with Gasteiger partial charge < -0.3 is 19.1 Å². The number of aromatic nitrogens is 2. The van der Waals surface area contributed by atoms with Crippen LogP contribution in [0.15, 0.2) is 49.6 Å². The Balaban J connectivity index is 1.94. The predicted molar refractivity (Wildman–Crippen MR) is 80.6 cm³/mol. The third-order valence-corrected chi connectivity index (χ3v) is 3.02. The maximum Gasteiger partial charge on any atom is 0.161 e. The second-order valence-electron chi connectivity index (χ2n) is 4.70. The number of hydrogen-bond donors (Lipinski definition) is 1. The first-order chi connectivity index (χ1) is 10.2. The standard InChI is InChI=1S/C16H20N2O3/c1-3-4-13-5-6-15(16(9-13)20-2)21-11-14(19)10-18-8-7-17-12-18/h3,5-9,12,14,19H,1,4,10-11H2,2H3. The van der Waals surface area contributed by atoms with Crippen LogP contribution in [-0.4, -0.2) is 34.5 Å². The maximum absolute atomic E-state index is 9.96. The van der Waals surface area contributed by atoms with Crippen LogP contribution in [-0.2, 0) is 13.0 Å². The number of nitrogens with zero attached hydrogens (tertiary/aromatic N) is 2. The Morgan fingerprint density at radius 3 is 2.95 bits per heavy atom.